The zero-order chi connectivity index (χ0) is 22.3. The molecule has 0 spiro atoms. The van der Waals surface area contributed by atoms with Gasteiger partial charge < -0.3 is 10.1 Å². The highest BCUT2D eigenvalue weighted by Crippen LogP contribution is 2.37. The second kappa shape index (κ2) is 7.73. The number of carbonyl (C=O) groups excluding carboxylic acids is 3. The van der Waals surface area contributed by atoms with Crippen LogP contribution in [0.5, 0.6) is 0 Å². The smallest absolute Gasteiger partial charge is 0.339 e. The van der Waals surface area contributed by atoms with Crippen LogP contribution < -0.4 is 9.62 Å². The van der Waals surface area contributed by atoms with Crippen molar-refractivity contribution in [3.63, 3.8) is 0 Å². The Morgan fingerprint density at radius 3 is 2.40 bits per heavy atom. The average molecular weight is 451 g/mol. The van der Waals surface area contributed by atoms with Crippen molar-refractivity contribution in [2.75, 3.05) is 22.5 Å². The summed E-state index contributed by atoms with van der Waals surface area (Å²) in [6.07, 6.45) is 0. The van der Waals surface area contributed by atoms with Gasteiger partial charge in [-0.05, 0) is 44.2 Å². The topological polar surface area (TPSA) is 110 Å². The number of esters is 1. The highest BCUT2D eigenvalue weighted by atomic mass is 35.5. The molecule has 1 fully saturated rings. The predicted octanol–water partition coefficient (Wildman–Crippen LogP) is 3.08. The van der Waals surface area contributed by atoms with Gasteiger partial charge in [0.05, 0.1) is 45.8 Å². The molecule has 0 aromatic heterocycles. The van der Waals surface area contributed by atoms with Gasteiger partial charge in [0.1, 0.15) is 0 Å². The molecule has 0 aliphatic carbocycles. The van der Waals surface area contributed by atoms with E-state index in [1.165, 1.54) is 37.4 Å². The zero-order valence-corrected chi connectivity index (χ0v) is 18.0. The van der Waals surface area contributed by atoms with Crippen molar-refractivity contribution in [3.8, 4) is 0 Å². The van der Waals surface area contributed by atoms with Crippen molar-refractivity contribution >= 4 is 50.8 Å². The number of anilines is 2. The minimum atomic E-state index is -3.88. The first kappa shape index (κ1) is 21.8. The van der Waals surface area contributed by atoms with Crippen LogP contribution >= 0.6 is 11.6 Å². The normalized spacial score (nSPS) is 16.9. The van der Waals surface area contributed by atoms with E-state index in [9.17, 15) is 22.8 Å². The van der Waals surface area contributed by atoms with Gasteiger partial charge in [0.15, 0.2) is 0 Å². The van der Waals surface area contributed by atoms with Crippen LogP contribution in [0.2, 0.25) is 5.02 Å². The van der Waals surface area contributed by atoms with Crippen molar-refractivity contribution in [2.24, 2.45) is 5.41 Å². The largest absolute Gasteiger partial charge is 0.465 e. The van der Waals surface area contributed by atoms with Crippen LogP contribution in [-0.2, 0) is 19.6 Å². The number of ether oxygens (including phenoxy) is 1. The highest BCUT2D eigenvalue weighted by molar-refractivity contribution is 7.94. The second-order valence-corrected chi connectivity index (χ2v) is 9.59. The summed E-state index contributed by atoms with van der Waals surface area (Å²) in [5.74, 6) is -2.24. The van der Waals surface area contributed by atoms with Gasteiger partial charge in [0.25, 0.3) is 5.91 Å². The van der Waals surface area contributed by atoms with Crippen molar-refractivity contribution in [1.29, 1.82) is 0 Å². The van der Waals surface area contributed by atoms with Crippen LogP contribution in [0.4, 0.5) is 11.4 Å². The number of nitrogens with one attached hydrogen (secondary N) is 1. The molecule has 10 heteroatoms. The third-order valence-electron chi connectivity index (χ3n) is 4.59. The van der Waals surface area contributed by atoms with Crippen molar-refractivity contribution < 1.29 is 27.5 Å². The minimum absolute atomic E-state index is 0.0152. The molecule has 1 aliphatic heterocycles. The first-order valence-corrected chi connectivity index (χ1v) is 10.8. The molecular weight excluding hydrogens is 432 g/mol. The standard InChI is InChI=1S/C20H19ClN2O6S/c1-20(2)11-30(27,28)23(19(20)26)12-8-9-15(21)14(10-12)17(24)22-16-7-5-4-6-13(16)18(25)29-3/h4-10H,11H2,1-3H3,(H,22,24). The fraction of sp³-hybridized carbons (Fsp3) is 0.250. The molecule has 158 valence electrons. The second-order valence-electron chi connectivity index (χ2n) is 7.37. The number of para-hydroxylation sites is 1. The SMILES string of the molecule is COC(=O)c1ccccc1NC(=O)c1cc(N2C(=O)C(C)(C)CS2(=O)=O)ccc1Cl. The summed E-state index contributed by atoms with van der Waals surface area (Å²) in [6.45, 7) is 3.08. The molecule has 3 rings (SSSR count). The van der Waals surface area contributed by atoms with Gasteiger partial charge in [-0.25, -0.2) is 17.5 Å². The fourth-order valence-corrected chi connectivity index (χ4v) is 5.45. The fourth-order valence-electron chi connectivity index (χ4n) is 3.14. The molecule has 1 aliphatic rings. The van der Waals surface area contributed by atoms with E-state index >= 15 is 0 Å². The predicted molar refractivity (Wildman–Crippen MR) is 112 cm³/mol. The van der Waals surface area contributed by atoms with Crippen LogP contribution in [0.1, 0.15) is 34.6 Å². The molecule has 1 saturated heterocycles. The molecule has 8 nitrogen and oxygen atoms in total. The first-order valence-electron chi connectivity index (χ1n) is 8.83. The van der Waals surface area contributed by atoms with Crippen molar-refractivity contribution in [3.05, 3.63) is 58.6 Å². The molecule has 0 unspecified atom stereocenters. The number of rotatable bonds is 4. The molecule has 30 heavy (non-hydrogen) atoms. The molecule has 0 radical (unpaired) electrons. The number of carbonyl (C=O) groups is 3. The molecule has 2 aromatic rings. The van der Waals surface area contributed by atoms with Gasteiger partial charge in [-0.3, -0.25) is 9.59 Å². The molecule has 2 aromatic carbocycles. The number of amides is 2. The third kappa shape index (κ3) is 3.90. The number of nitrogens with zero attached hydrogens (tertiary/aromatic N) is 1. The van der Waals surface area contributed by atoms with E-state index in [1.54, 1.807) is 26.0 Å². The Bertz CT molecular complexity index is 1160. The molecule has 1 heterocycles. The van der Waals surface area contributed by atoms with Crippen LogP contribution in [0, 0.1) is 5.41 Å². The molecular formula is C20H19ClN2O6S. The highest BCUT2D eigenvalue weighted by Gasteiger charge is 2.50. The summed E-state index contributed by atoms with van der Waals surface area (Å²) in [4.78, 5) is 37.4. The van der Waals surface area contributed by atoms with E-state index in [2.05, 4.69) is 5.32 Å². The summed E-state index contributed by atoms with van der Waals surface area (Å²) in [7, 11) is -2.67. The maximum absolute atomic E-state index is 12.8. The molecule has 0 bridgehead atoms. The lowest BCUT2D eigenvalue weighted by Crippen LogP contribution is -2.33. The van der Waals surface area contributed by atoms with Gasteiger partial charge >= 0.3 is 5.97 Å². The summed E-state index contributed by atoms with van der Waals surface area (Å²) in [5, 5.41) is 2.62. The Kier molecular flexibility index (Phi) is 5.62. The number of methoxy groups -OCH3 is 1. The zero-order valence-electron chi connectivity index (χ0n) is 16.4. The Balaban J connectivity index is 1.99. The first-order chi connectivity index (χ1) is 14.0. The lowest BCUT2D eigenvalue weighted by molar-refractivity contribution is -0.123. The average Bonchev–Trinajstić information content (AvgIpc) is 2.84. The Morgan fingerprint density at radius 2 is 1.80 bits per heavy atom. The van der Waals surface area contributed by atoms with Crippen LogP contribution in [0.15, 0.2) is 42.5 Å². The van der Waals surface area contributed by atoms with E-state index in [0.29, 0.717) is 4.31 Å². The van der Waals surface area contributed by atoms with Gasteiger partial charge in [-0.1, -0.05) is 23.7 Å². The Morgan fingerprint density at radius 1 is 1.13 bits per heavy atom. The summed E-state index contributed by atoms with van der Waals surface area (Å²) < 4.78 is 30.4. The monoisotopic (exact) mass is 450 g/mol. The quantitative estimate of drug-likeness (QED) is 0.717. The van der Waals surface area contributed by atoms with Crippen LogP contribution in [0.3, 0.4) is 0 Å². The van der Waals surface area contributed by atoms with Crippen LogP contribution in [0.25, 0.3) is 0 Å². The lowest BCUT2D eigenvalue weighted by atomic mass is 9.95. The molecule has 0 atom stereocenters. The Labute approximate surface area is 178 Å². The summed E-state index contributed by atoms with van der Waals surface area (Å²) >= 11 is 6.15. The summed E-state index contributed by atoms with van der Waals surface area (Å²) in [6, 6.07) is 10.2. The molecule has 1 N–H and O–H groups in total. The van der Waals surface area contributed by atoms with Gasteiger partial charge in [0.2, 0.25) is 15.9 Å². The molecule has 0 saturated carbocycles. The van der Waals surface area contributed by atoms with Gasteiger partial charge in [-0.2, -0.15) is 0 Å². The number of hydrogen-bond acceptors (Lipinski definition) is 6. The maximum atomic E-state index is 12.8. The van der Waals surface area contributed by atoms with Gasteiger partial charge in [0, 0.05) is 0 Å². The number of hydrogen-bond donors (Lipinski definition) is 1. The number of halogens is 1. The number of benzene rings is 2. The van der Waals surface area contributed by atoms with E-state index in [4.69, 9.17) is 16.3 Å². The lowest BCUT2D eigenvalue weighted by Gasteiger charge is -2.18. The van der Waals surface area contributed by atoms with E-state index in [-0.39, 0.29) is 33.3 Å². The van der Waals surface area contributed by atoms with Crippen molar-refractivity contribution in [2.45, 2.75) is 13.8 Å². The molecule has 2 amide bonds. The van der Waals surface area contributed by atoms with Crippen molar-refractivity contribution in [1.82, 2.24) is 0 Å². The minimum Gasteiger partial charge on any atom is -0.465 e. The van der Waals surface area contributed by atoms with E-state index in [1.807, 2.05) is 0 Å². The van der Waals surface area contributed by atoms with E-state index < -0.39 is 33.2 Å². The third-order valence-corrected chi connectivity index (χ3v) is 6.94. The summed E-state index contributed by atoms with van der Waals surface area (Å²) in [5.41, 5.74) is -0.787. The van der Waals surface area contributed by atoms with Crippen LogP contribution in [-0.4, -0.2) is 39.1 Å². The number of sulfonamides is 1. The van der Waals surface area contributed by atoms with Gasteiger partial charge in [-0.15, -0.1) is 0 Å². The van der Waals surface area contributed by atoms with E-state index in [0.717, 1.165) is 0 Å². The Hall–Kier alpha value is -2.91. The maximum Gasteiger partial charge on any atom is 0.339 e.